The second kappa shape index (κ2) is 8.65. The van der Waals surface area contributed by atoms with Gasteiger partial charge in [0.25, 0.3) is 0 Å². The number of methoxy groups -OCH3 is 1. The molecular weight excluding hydrogens is 364 g/mol. The van der Waals surface area contributed by atoms with E-state index < -0.39 is 0 Å². The van der Waals surface area contributed by atoms with E-state index >= 15 is 0 Å². The van der Waals surface area contributed by atoms with Crippen molar-refractivity contribution in [3.63, 3.8) is 0 Å². The molecular formula is C25H22O4. The standard InChI is InChI=1S/C25H22O4/c1-27-20-15-13-19(14-16-20)24-25(23(26)21-11-5-6-12-22(21)29-24)28-17-7-10-18-8-3-2-4-9-18/h2-6,8-9,11-16H,7,10,17H2,1H3. The maximum atomic E-state index is 13.1. The van der Waals surface area contributed by atoms with Crippen LogP contribution in [0.15, 0.2) is 88.1 Å². The first-order valence-electron chi connectivity index (χ1n) is 9.63. The van der Waals surface area contributed by atoms with Gasteiger partial charge in [0.2, 0.25) is 11.2 Å². The lowest BCUT2D eigenvalue weighted by Crippen LogP contribution is -2.11. The summed E-state index contributed by atoms with van der Waals surface area (Å²) in [6.45, 7) is 0.432. The van der Waals surface area contributed by atoms with Crippen LogP contribution in [0.4, 0.5) is 0 Å². The molecule has 0 radical (unpaired) electrons. The highest BCUT2D eigenvalue weighted by molar-refractivity contribution is 5.82. The van der Waals surface area contributed by atoms with Crippen LogP contribution in [0.25, 0.3) is 22.3 Å². The molecule has 0 amide bonds. The van der Waals surface area contributed by atoms with Crippen LogP contribution in [-0.4, -0.2) is 13.7 Å². The minimum Gasteiger partial charge on any atom is -0.497 e. The molecule has 29 heavy (non-hydrogen) atoms. The second-order valence-corrected chi connectivity index (χ2v) is 6.75. The maximum Gasteiger partial charge on any atom is 0.235 e. The van der Waals surface area contributed by atoms with Crippen LogP contribution < -0.4 is 14.9 Å². The van der Waals surface area contributed by atoms with E-state index in [0.717, 1.165) is 24.2 Å². The fourth-order valence-electron chi connectivity index (χ4n) is 3.28. The number of benzene rings is 3. The summed E-state index contributed by atoms with van der Waals surface area (Å²) in [5.41, 5.74) is 2.40. The third-order valence-electron chi connectivity index (χ3n) is 4.81. The van der Waals surface area contributed by atoms with E-state index in [0.29, 0.717) is 23.3 Å². The lowest BCUT2D eigenvalue weighted by molar-refractivity contribution is 0.303. The Hall–Kier alpha value is -3.53. The average molecular weight is 386 g/mol. The Labute approximate surface area is 169 Å². The van der Waals surface area contributed by atoms with Crippen LogP contribution in [-0.2, 0) is 6.42 Å². The van der Waals surface area contributed by atoms with Gasteiger partial charge in [-0.3, -0.25) is 4.79 Å². The van der Waals surface area contributed by atoms with Crippen LogP contribution >= 0.6 is 0 Å². The number of hydrogen-bond donors (Lipinski definition) is 0. The number of ether oxygens (including phenoxy) is 2. The summed E-state index contributed by atoms with van der Waals surface area (Å²) in [4.78, 5) is 13.1. The molecule has 1 aromatic heterocycles. The highest BCUT2D eigenvalue weighted by Crippen LogP contribution is 2.32. The Bertz CT molecular complexity index is 1150. The fraction of sp³-hybridized carbons (Fsp3) is 0.160. The van der Waals surface area contributed by atoms with Crippen LogP contribution in [0.1, 0.15) is 12.0 Å². The van der Waals surface area contributed by atoms with Gasteiger partial charge in [-0.15, -0.1) is 0 Å². The minimum atomic E-state index is -0.155. The number of rotatable bonds is 7. The first-order chi connectivity index (χ1) is 14.3. The molecule has 3 aromatic carbocycles. The molecule has 0 saturated carbocycles. The molecule has 0 atom stereocenters. The molecule has 0 aliphatic heterocycles. The predicted molar refractivity (Wildman–Crippen MR) is 115 cm³/mol. The molecule has 146 valence electrons. The Morgan fingerprint density at radius 3 is 2.34 bits per heavy atom. The summed E-state index contributed by atoms with van der Waals surface area (Å²) in [5, 5.41) is 0.517. The number of hydrogen-bond acceptors (Lipinski definition) is 4. The maximum absolute atomic E-state index is 13.1. The van der Waals surface area contributed by atoms with E-state index in [9.17, 15) is 4.79 Å². The molecule has 0 unspecified atom stereocenters. The zero-order valence-corrected chi connectivity index (χ0v) is 16.3. The third kappa shape index (κ3) is 4.16. The van der Waals surface area contributed by atoms with Gasteiger partial charge in [0, 0.05) is 5.56 Å². The van der Waals surface area contributed by atoms with E-state index in [2.05, 4.69) is 12.1 Å². The fourth-order valence-corrected chi connectivity index (χ4v) is 3.28. The minimum absolute atomic E-state index is 0.155. The summed E-state index contributed by atoms with van der Waals surface area (Å²) in [6.07, 6.45) is 1.69. The zero-order chi connectivity index (χ0) is 20.1. The van der Waals surface area contributed by atoms with Gasteiger partial charge < -0.3 is 13.9 Å². The molecule has 0 N–H and O–H groups in total. The van der Waals surface area contributed by atoms with Crippen molar-refractivity contribution in [3.05, 3.63) is 94.6 Å². The molecule has 4 heteroatoms. The summed E-state index contributed by atoms with van der Waals surface area (Å²) in [6, 6.07) is 24.9. The van der Waals surface area contributed by atoms with Crippen molar-refractivity contribution in [2.45, 2.75) is 12.8 Å². The van der Waals surface area contributed by atoms with Crippen LogP contribution in [0.3, 0.4) is 0 Å². The van der Waals surface area contributed by atoms with E-state index in [1.54, 1.807) is 19.2 Å². The third-order valence-corrected chi connectivity index (χ3v) is 4.81. The molecule has 0 spiro atoms. The monoisotopic (exact) mass is 386 g/mol. The number of aryl methyl sites for hydroxylation is 1. The van der Waals surface area contributed by atoms with Crippen molar-refractivity contribution >= 4 is 11.0 Å². The Morgan fingerprint density at radius 2 is 1.59 bits per heavy atom. The highest BCUT2D eigenvalue weighted by atomic mass is 16.5. The number of para-hydroxylation sites is 1. The SMILES string of the molecule is COc1ccc(-c2oc3ccccc3c(=O)c2OCCCc2ccccc2)cc1. The summed E-state index contributed by atoms with van der Waals surface area (Å²) < 4.78 is 17.3. The van der Waals surface area contributed by atoms with Gasteiger partial charge in [-0.2, -0.15) is 0 Å². The molecule has 0 saturated heterocycles. The Kier molecular flexibility index (Phi) is 5.61. The first kappa shape index (κ1) is 18.8. The smallest absolute Gasteiger partial charge is 0.235 e. The molecule has 4 nitrogen and oxygen atoms in total. The summed E-state index contributed by atoms with van der Waals surface area (Å²) in [7, 11) is 1.62. The van der Waals surface area contributed by atoms with E-state index in [1.807, 2.05) is 54.6 Å². The molecule has 4 rings (SSSR count). The Balaban J connectivity index is 1.64. The van der Waals surface area contributed by atoms with Gasteiger partial charge in [-0.25, -0.2) is 0 Å². The zero-order valence-electron chi connectivity index (χ0n) is 16.3. The van der Waals surface area contributed by atoms with E-state index in [-0.39, 0.29) is 11.2 Å². The summed E-state index contributed by atoms with van der Waals surface area (Å²) in [5.74, 6) is 1.43. The molecule has 0 bridgehead atoms. The molecule has 0 aliphatic carbocycles. The van der Waals surface area contributed by atoms with Crippen LogP contribution in [0.2, 0.25) is 0 Å². The molecule has 4 aromatic rings. The van der Waals surface area contributed by atoms with Crippen molar-refractivity contribution in [3.8, 4) is 22.8 Å². The van der Waals surface area contributed by atoms with Crippen molar-refractivity contribution in [1.29, 1.82) is 0 Å². The van der Waals surface area contributed by atoms with Crippen molar-refractivity contribution in [2.24, 2.45) is 0 Å². The second-order valence-electron chi connectivity index (χ2n) is 6.75. The van der Waals surface area contributed by atoms with Gasteiger partial charge >= 0.3 is 0 Å². The first-order valence-corrected chi connectivity index (χ1v) is 9.63. The highest BCUT2D eigenvalue weighted by Gasteiger charge is 2.17. The van der Waals surface area contributed by atoms with Crippen LogP contribution in [0.5, 0.6) is 11.5 Å². The van der Waals surface area contributed by atoms with E-state index in [4.69, 9.17) is 13.9 Å². The molecule has 0 aliphatic rings. The lowest BCUT2D eigenvalue weighted by atomic mass is 10.1. The summed E-state index contributed by atoms with van der Waals surface area (Å²) >= 11 is 0. The van der Waals surface area contributed by atoms with Crippen molar-refractivity contribution < 1.29 is 13.9 Å². The van der Waals surface area contributed by atoms with Gasteiger partial charge in [0.05, 0.1) is 19.1 Å². The van der Waals surface area contributed by atoms with Gasteiger partial charge in [-0.05, 0) is 54.8 Å². The van der Waals surface area contributed by atoms with E-state index in [1.165, 1.54) is 5.56 Å². The average Bonchev–Trinajstić information content (AvgIpc) is 2.78. The van der Waals surface area contributed by atoms with Gasteiger partial charge in [-0.1, -0.05) is 42.5 Å². The quantitative estimate of drug-likeness (QED) is 0.395. The topological polar surface area (TPSA) is 48.7 Å². The van der Waals surface area contributed by atoms with Gasteiger partial charge in [0.1, 0.15) is 11.3 Å². The normalized spacial score (nSPS) is 10.8. The van der Waals surface area contributed by atoms with Crippen LogP contribution in [0, 0.1) is 0 Å². The predicted octanol–water partition coefficient (Wildman–Crippen LogP) is 5.48. The number of fused-ring (bicyclic) bond motifs is 1. The Morgan fingerprint density at radius 1 is 0.862 bits per heavy atom. The van der Waals surface area contributed by atoms with Crippen molar-refractivity contribution in [2.75, 3.05) is 13.7 Å². The lowest BCUT2D eigenvalue weighted by Gasteiger charge is -2.12. The van der Waals surface area contributed by atoms with Crippen molar-refractivity contribution in [1.82, 2.24) is 0 Å². The molecule has 0 fully saturated rings. The molecule has 1 heterocycles. The van der Waals surface area contributed by atoms with Gasteiger partial charge in [0.15, 0.2) is 5.76 Å². The largest absolute Gasteiger partial charge is 0.497 e.